The zero-order valence-electron chi connectivity index (χ0n) is 8.88. The van der Waals surface area contributed by atoms with Crippen molar-refractivity contribution in [2.75, 3.05) is 5.32 Å². The van der Waals surface area contributed by atoms with Gasteiger partial charge in [0.15, 0.2) is 11.9 Å². The lowest BCUT2D eigenvalue weighted by atomic mass is 10.0. The van der Waals surface area contributed by atoms with Crippen LogP contribution in [-0.4, -0.2) is 12.0 Å². The molecule has 1 aromatic rings. The Morgan fingerprint density at radius 1 is 1.50 bits per heavy atom. The third-order valence-corrected chi connectivity index (χ3v) is 3.11. The quantitative estimate of drug-likeness (QED) is 0.863. The Bertz CT molecular complexity index is 448. The summed E-state index contributed by atoms with van der Waals surface area (Å²) >= 11 is 9.37. The van der Waals surface area contributed by atoms with E-state index in [2.05, 4.69) is 21.2 Å². The van der Waals surface area contributed by atoms with Crippen molar-refractivity contribution in [1.82, 2.24) is 0 Å². The normalized spacial score (nSPS) is 19.1. The Kier molecular flexibility index (Phi) is 3.13. The van der Waals surface area contributed by atoms with E-state index in [1.54, 1.807) is 12.1 Å². The van der Waals surface area contributed by atoms with Gasteiger partial charge in [0.2, 0.25) is 0 Å². The molecular weight excluding hydrogens is 293 g/mol. The fourth-order valence-corrected chi connectivity index (χ4v) is 2.45. The van der Waals surface area contributed by atoms with Crippen molar-refractivity contribution >= 4 is 39.1 Å². The molecule has 0 radical (unpaired) electrons. The van der Waals surface area contributed by atoms with Crippen LogP contribution >= 0.6 is 27.5 Å². The van der Waals surface area contributed by atoms with Crippen LogP contribution in [0, 0.1) is 5.92 Å². The second kappa shape index (κ2) is 4.26. The highest BCUT2D eigenvalue weighted by atomic mass is 79.9. The predicted octanol–water partition coefficient (Wildman–Crippen LogP) is 3.46. The van der Waals surface area contributed by atoms with Gasteiger partial charge in [-0.25, -0.2) is 0 Å². The van der Waals surface area contributed by atoms with E-state index in [0.717, 1.165) is 4.47 Å². The van der Waals surface area contributed by atoms with Gasteiger partial charge < -0.3 is 10.1 Å². The van der Waals surface area contributed by atoms with Crippen LogP contribution in [0.5, 0.6) is 5.75 Å². The summed E-state index contributed by atoms with van der Waals surface area (Å²) in [6, 6.07) is 3.52. The van der Waals surface area contributed by atoms with E-state index in [1.165, 1.54) is 0 Å². The van der Waals surface area contributed by atoms with Gasteiger partial charge in [0.05, 0.1) is 10.7 Å². The molecule has 1 aromatic carbocycles. The number of hydrogen-bond acceptors (Lipinski definition) is 2. The highest BCUT2D eigenvalue weighted by Gasteiger charge is 2.31. The summed E-state index contributed by atoms with van der Waals surface area (Å²) in [5.74, 6) is 0.521. The van der Waals surface area contributed by atoms with Gasteiger partial charge in [-0.15, -0.1) is 0 Å². The smallest absolute Gasteiger partial charge is 0.265 e. The Balaban J connectivity index is 2.43. The molecule has 1 aliphatic heterocycles. The molecule has 1 atom stereocenters. The molecule has 3 nitrogen and oxygen atoms in total. The van der Waals surface area contributed by atoms with Crippen LogP contribution in [0.4, 0.5) is 5.69 Å². The molecule has 86 valence electrons. The van der Waals surface area contributed by atoms with Gasteiger partial charge >= 0.3 is 0 Å². The van der Waals surface area contributed by atoms with Crippen molar-refractivity contribution in [2.45, 2.75) is 20.0 Å². The molecule has 0 bridgehead atoms. The summed E-state index contributed by atoms with van der Waals surface area (Å²) < 4.78 is 6.44. The van der Waals surface area contributed by atoms with Crippen molar-refractivity contribution < 1.29 is 9.53 Å². The van der Waals surface area contributed by atoms with Crippen LogP contribution < -0.4 is 10.1 Å². The van der Waals surface area contributed by atoms with Gasteiger partial charge in [-0.05, 0) is 18.1 Å². The van der Waals surface area contributed by atoms with Crippen LogP contribution in [-0.2, 0) is 4.79 Å². The Morgan fingerprint density at radius 2 is 2.19 bits per heavy atom. The summed E-state index contributed by atoms with van der Waals surface area (Å²) in [5.41, 5.74) is 0.612. The molecule has 1 aliphatic rings. The van der Waals surface area contributed by atoms with Crippen LogP contribution in [0.15, 0.2) is 16.6 Å². The fourth-order valence-electron chi connectivity index (χ4n) is 1.60. The second-order valence-electron chi connectivity index (χ2n) is 4.04. The van der Waals surface area contributed by atoms with Crippen molar-refractivity contribution in [3.05, 3.63) is 21.6 Å². The maximum absolute atomic E-state index is 11.7. The summed E-state index contributed by atoms with van der Waals surface area (Å²) in [7, 11) is 0. The standard InChI is InChI=1S/C11H11BrClNO2/c1-5(2)9-11(15)14-8-4-6(12)3-7(13)10(8)16-9/h3-5,9H,1-2H3,(H,14,15). The number of benzene rings is 1. The first kappa shape index (κ1) is 11.7. The molecular formula is C11H11BrClNO2. The molecule has 0 aromatic heterocycles. The minimum Gasteiger partial charge on any atom is -0.477 e. The van der Waals surface area contributed by atoms with E-state index in [9.17, 15) is 4.79 Å². The molecule has 1 unspecified atom stereocenters. The first-order valence-electron chi connectivity index (χ1n) is 4.95. The van der Waals surface area contributed by atoms with Gasteiger partial charge in [-0.3, -0.25) is 4.79 Å². The number of carbonyl (C=O) groups excluding carboxylic acids is 1. The Morgan fingerprint density at radius 3 is 2.81 bits per heavy atom. The molecule has 1 heterocycles. The summed E-state index contributed by atoms with van der Waals surface area (Å²) in [4.78, 5) is 11.7. The number of amides is 1. The molecule has 0 fully saturated rings. The van der Waals surface area contributed by atoms with E-state index >= 15 is 0 Å². The highest BCUT2D eigenvalue weighted by molar-refractivity contribution is 9.10. The molecule has 1 N–H and O–H groups in total. The average molecular weight is 305 g/mol. The first-order valence-corrected chi connectivity index (χ1v) is 6.12. The van der Waals surface area contributed by atoms with E-state index in [-0.39, 0.29) is 11.8 Å². The van der Waals surface area contributed by atoms with Gasteiger partial charge in [-0.2, -0.15) is 0 Å². The zero-order chi connectivity index (χ0) is 11.9. The highest BCUT2D eigenvalue weighted by Crippen LogP contribution is 2.40. The average Bonchev–Trinajstić information content (AvgIpc) is 2.15. The van der Waals surface area contributed by atoms with E-state index in [1.807, 2.05) is 13.8 Å². The molecule has 0 aliphatic carbocycles. The number of ether oxygens (including phenoxy) is 1. The van der Waals surface area contributed by atoms with Gasteiger partial charge in [0, 0.05) is 4.47 Å². The zero-order valence-corrected chi connectivity index (χ0v) is 11.2. The molecule has 2 rings (SSSR count). The summed E-state index contributed by atoms with van der Waals surface area (Å²) in [6.07, 6.45) is -0.480. The number of halogens is 2. The van der Waals surface area contributed by atoms with Crippen LogP contribution in [0.3, 0.4) is 0 Å². The van der Waals surface area contributed by atoms with Crippen molar-refractivity contribution in [3.8, 4) is 5.75 Å². The number of carbonyl (C=O) groups is 1. The minimum absolute atomic E-state index is 0.105. The van der Waals surface area contributed by atoms with Crippen LogP contribution in [0.25, 0.3) is 0 Å². The number of nitrogens with one attached hydrogen (secondary N) is 1. The number of anilines is 1. The number of hydrogen-bond donors (Lipinski definition) is 1. The van der Waals surface area contributed by atoms with Gasteiger partial charge in [0.25, 0.3) is 5.91 Å². The van der Waals surface area contributed by atoms with Crippen LogP contribution in [0.1, 0.15) is 13.8 Å². The van der Waals surface area contributed by atoms with E-state index in [4.69, 9.17) is 16.3 Å². The third kappa shape index (κ3) is 2.04. The molecule has 0 spiro atoms. The number of rotatable bonds is 1. The van der Waals surface area contributed by atoms with Crippen molar-refractivity contribution in [3.63, 3.8) is 0 Å². The lowest BCUT2D eigenvalue weighted by Crippen LogP contribution is -2.40. The maximum Gasteiger partial charge on any atom is 0.265 e. The SMILES string of the molecule is CC(C)C1Oc2c(Cl)cc(Br)cc2NC1=O. The van der Waals surface area contributed by atoms with E-state index in [0.29, 0.717) is 16.5 Å². The minimum atomic E-state index is -0.480. The van der Waals surface area contributed by atoms with E-state index < -0.39 is 6.10 Å². The maximum atomic E-state index is 11.7. The van der Waals surface area contributed by atoms with Crippen molar-refractivity contribution in [1.29, 1.82) is 0 Å². The monoisotopic (exact) mass is 303 g/mol. The molecule has 0 saturated carbocycles. The molecule has 16 heavy (non-hydrogen) atoms. The predicted molar refractivity (Wildman–Crippen MR) is 67.0 cm³/mol. The molecule has 0 saturated heterocycles. The summed E-state index contributed by atoms with van der Waals surface area (Å²) in [6.45, 7) is 3.87. The largest absolute Gasteiger partial charge is 0.477 e. The van der Waals surface area contributed by atoms with Gasteiger partial charge in [-0.1, -0.05) is 41.4 Å². The molecule has 5 heteroatoms. The summed E-state index contributed by atoms with van der Waals surface area (Å²) in [5, 5.41) is 3.29. The Labute approximate surface area is 107 Å². The lowest BCUT2D eigenvalue weighted by molar-refractivity contribution is -0.125. The number of fused-ring (bicyclic) bond motifs is 1. The Hall–Kier alpha value is -0.740. The van der Waals surface area contributed by atoms with Crippen LogP contribution in [0.2, 0.25) is 5.02 Å². The van der Waals surface area contributed by atoms with Gasteiger partial charge in [0.1, 0.15) is 0 Å². The molecule has 1 amide bonds. The van der Waals surface area contributed by atoms with Crippen molar-refractivity contribution in [2.24, 2.45) is 5.92 Å². The second-order valence-corrected chi connectivity index (χ2v) is 5.36. The topological polar surface area (TPSA) is 38.3 Å². The fraction of sp³-hybridized carbons (Fsp3) is 0.364. The lowest BCUT2D eigenvalue weighted by Gasteiger charge is -2.28. The third-order valence-electron chi connectivity index (χ3n) is 2.37. The first-order chi connectivity index (χ1) is 7.49.